The molecule has 0 heterocycles. The first-order valence-corrected chi connectivity index (χ1v) is 5.76. The smallest absolute Gasteiger partial charge is 0.158 e. The topological polar surface area (TPSA) is 40.5 Å². The van der Waals surface area contributed by atoms with E-state index in [1.54, 1.807) is 12.1 Å². The minimum Gasteiger partial charge on any atom is -0.504 e. The quantitative estimate of drug-likeness (QED) is 0.629. The van der Waals surface area contributed by atoms with E-state index in [1.807, 2.05) is 24.3 Å². The van der Waals surface area contributed by atoms with Crippen molar-refractivity contribution in [3.63, 3.8) is 0 Å². The summed E-state index contributed by atoms with van der Waals surface area (Å²) in [5.41, 5.74) is 1.94. The first kappa shape index (κ1) is 10.7. The molecule has 0 saturated heterocycles. The summed E-state index contributed by atoms with van der Waals surface area (Å²) in [6.07, 6.45) is 0. The van der Waals surface area contributed by atoms with Crippen molar-refractivity contribution in [3.05, 3.63) is 60.7 Å². The van der Waals surface area contributed by atoms with E-state index in [0.29, 0.717) is 0 Å². The van der Waals surface area contributed by atoms with Crippen LogP contribution in [0.25, 0.3) is 21.9 Å². The van der Waals surface area contributed by atoms with Crippen molar-refractivity contribution >= 4 is 10.8 Å². The Labute approximate surface area is 105 Å². The van der Waals surface area contributed by atoms with Crippen molar-refractivity contribution in [2.45, 2.75) is 0 Å². The number of rotatable bonds is 1. The Morgan fingerprint density at radius 1 is 0.667 bits per heavy atom. The highest BCUT2D eigenvalue weighted by Gasteiger charge is 2.06. The van der Waals surface area contributed by atoms with Crippen LogP contribution in [-0.4, -0.2) is 10.2 Å². The number of phenolic OH excluding ortho intramolecular Hbond substituents is 2. The van der Waals surface area contributed by atoms with Crippen LogP contribution in [0.2, 0.25) is 0 Å². The Morgan fingerprint density at radius 2 is 1.44 bits per heavy atom. The van der Waals surface area contributed by atoms with Gasteiger partial charge in [0.05, 0.1) is 0 Å². The molecule has 0 bridgehead atoms. The third-order valence-corrected chi connectivity index (χ3v) is 3.08. The molecular formula is C16H12O2. The van der Waals surface area contributed by atoms with Crippen molar-refractivity contribution in [1.82, 2.24) is 0 Å². The lowest BCUT2D eigenvalue weighted by Gasteiger charge is -2.07. The highest BCUT2D eigenvalue weighted by atomic mass is 16.3. The third kappa shape index (κ3) is 1.68. The van der Waals surface area contributed by atoms with E-state index in [4.69, 9.17) is 0 Å². The summed E-state index contributed by atoms with van der Waals surface area (Å²) in [4.78, 5) is 0. The fraction of sp³-hybridized carbons (Fsp3) is 0. The van der Waals surface area contributed by atoms with Crippen LogP contribution in [0.4, 0.5) is 0 Å². The van der Waals surface area contributed by atoms with Gasteiger partial charge in [-0.3, -0.25) is 0 Å². The maximum absolute atomic E-state index is 9.58. The van der Waals surface area contributed by atoms with Crippen LogP contribution in [0.15, 0.2) is 60.7 Å². The molecule has 2 N–H and O–H groups in total. The van der Waals surface area contributed by atoms with Crippen LogP contribution in [0.3, 0.4) is 0 Å². The molecule has 3 rings (SSSR count). The zero-order chi connectivity index (χ0) is 12.5. The molecule has 0 saturated carbocycles. The Morgan fingerprint density at radius 3 is 2.28 bits per heavy atom. The van der Waals surface area contributed by atoms with Gasteiger partial charge in [0.2, 0.25) is 0 Å². The standard InChI is InChI=1S/C16H12O2/c17-15-9-8-12(10-16(15)18)14-7-3-5-11-4-1-2-6-13(11)14/h1-10,17-18H. The molecule has 0 amide bonds. The fourth-order valence-corrected chi connectivity index (χ4v) is 2.17. The van der Waals surface area contributed by atoms with Crippen LogP contribution in [-0.2, 0) is 0 Å². The maximum Gasteiger partial charge on any atom is 0.158 e. The number of phenols is 2. The Hall–Kier alpha value is -2.48. The first-order chi connectivity index (χ1) is 8.75. The molecule has 3 aromatic carbocycles. The van der Waals surface area contributed by atoms with E-state index < -0.39 is 0 Å². The first-order valence-electron chi connectivity index (χ1n) is 5.76. The maximum atomic E-state index is 9.58. The third-order valence-electron chi connectivity index (χ3n) is 3.08. The van der Waals surface area contributed by atoms with Gasteiger partial charge in [-0.25, -0.2) is 0 Å². The van der Waals surface area contributed by atoms with E-state index in [2.05, 4.69) is 18.2 Å². The average molecular weight is 236 g/mol. The normalized spacial score (nSPS) is 10.7. The summed E-state index contributed by atoms with van der Waals surface area (Å²) in [7, 11) is 0. The van der Waals surface area contributed by atoms with Crippen LogP contribution >= 0.6 is 0 Å². The predicted molar refractivity (Wildman–Crippen MR) is 72.7 cm³/mol. The number of hydrogen-bond donors (Lipinski definition) is 2. The van der Waals surface area contributed by atoms with Gasteiger partial charge < -0.3 is 10.2 Å². The van der Waals surface area contributed by atoms with Crippen LogP contribution < -0.4 is 0 Å². The minimum absolute atomic E-state index is 0.0968. The zero-order valence-corrected chi connectivity index (χ0v) is 9.67. The molecule has 0 aromatic heterocycles. The largest absolute Gasteiger partial charge is 0.504 e. The molecule has 3 aromatic rings. The molecule has 0 aliphatic heterocycles. The highest BCUT2D eigenvalue weighted by molar-refractivity contribution is 5.96. The molecular weight excluding hydrogens is 224 g/mol. The monoisotopic (exact) mass is 236 g/mol. The summed E-state index contributed by atoms with van der Waals surface area (Å²) in [6, 6.07) is 19.0. The zero-order valence-electron chi connectivity index (χ0n) is 9.67. The second kappa shape index (κ2) is 4.08. The molecule has 88 valence electrons. The summed E-state index contributed by atoms with van der Waals surface area (Å²) in [5.74, 6) is -0.195. The second-order valence-corrected chi connectivity index (χ2v) is 4.23. The Kier molecular flexibility index (Phi) is 2.41. The molecule has 2 nitrogen and oxygen atoms in total. The molecule has 0 unspecified atom stereocenters. The Bertz CT molecular complexity index is 712. The van der Waals surface area contributed by atoms with Gasteiger partial charge in [0, 0.05) is 0 Å². The number of fused-ring (bicyclic) bond motifs is 1. The van der Waals surface area contributed by atoms with Crippen molar-refractivity contribution < 1.29 is 10.2 Å². The van der Waals surface area contributed by atoms with Gasteiger partial charge in [0.25, 0.3) is 0 Å². The van der Waals surface area contributed by atoms with Gasteiger partial charge in [-0.05, 0) is 34.0 Å². The SMILES string of the molecule is Oc1ccc(-c2cccc3ccccc23)cc1O. The number of benzene rings is 3. The molecule has 0 atom stereocenters. The number of hydrogen-bond acceptors (Lipinski definition) is 2. The van der Waals surface area contributed by atoms with Crippen LogP contribution in [0.5, 0.6) is 11.5 Å². The van der Waals surface area contributed by atoms with Gasteiger partial charge in [-0.1, -0.05) is 48.5 Å². The van der Waals surface area contributed by atoms with Crippen LogP contribution in [0.1, 0.15) is 0 Å². The predicted octanol–water partition coefficient (Wildman–Crippen LogP) is 3.92. The molecule has 0 spiro atoms. The average Bonchev–Trinajstić information content (AvgIpc) is 2.41. The molecule has 2 heteroatoms. The van der Waals surface area contributed by atoms with E-state index in [0.717, 1.165) is 21.9 Å². The van der Waals surface area contributed by atoms with Crippen molar-refractivity contribution in [2.24, 2.45) is 0 Å². The van der Waals surface area contributed by atoms with Gasteiger partial charge >= 0.3 is 0 Å². The van der Waals surface area contributed by atoms with Gasteiger partial charge in [0.1, 0.15) is 0 Å². The van der Waals surface area contributed by atoms with E-state index in [1.165, 1.54) is 6.07 Å². The summed E-state index contributed by atoms with van der Waals surface area (Å²) >= 11 is 0. The van der Waals surface area contributed by atoms with Gasteiger partial charge in [0.15, 0.2) is 11.5 Å². The van der Waals surface area contributed by atoms with Gasteiger partial charge in [-0.15, -0.1) is 0 Å². The molecule has 0 aliphatic rings. The minimum atomic E-state index is -0.0982. The molecule has 0 radical (unpaired) electrons. The fourth-order valence-electron chi connectivity index (χ4n) is 2.17. The molecule has 0 fully saturated rings. The number of aromatic hydroxyl groups is 2. The lowest BCUT2D eigenvalue weighted by Crippen LogP contribution is -1.81. The van der Waals surface area contributed by atoms with Crippen molar-refractivity contribution in [2.75, 3.05) is 0 Å². The summed E-state index contributed by atoms with van der Waals surface area (Å²) < 4.78 is 0. The molecule has 0 aliphatic carbocycles. The lowest BCUT2D eigenvalue weighted by molar-refractivity contribution is 0.404. The van der Waals surface area contributed by atoms with Gasteiger partial charge in [-0.2, -0.15) is 0 Å². The van der Waals surface area contributed by atoms with E-state index in [9.17, 15) is 10.2 Å². The second-order valence-electron chi connectivity index (χ2n) is 4.23. The van der Waals surface area contributed by atoms with E-state index >= 15 is 0 Å². The summed E-state index contributed by atoms with van der Waals surface area (Å²) in [5, 5.41) is 21.2. The molecule has 18 heavy (non-hydrogen) atoms. The Balaban J connectivity index is 2.28. The van der Waals surface area contributed by atoms with Crippen LogP contribution in [0, 0.1) is 0 Å². The van der Waals surface area contributed by atoms with Crippen molar-refractivity contribution in [1.29, 1.82) is 0 Å². The van der Waals surface area contributed by atoms with E-state index in [-0.39, 0.29) is 11.5 Å². The van der Waals surface area contributed by atoms with Crippen molar-refractivity contribution in [3.8, 4) is 22.6 Å². The highest BCUT2D eigenvalue weighted by Crippen LogP contribution is 2.33. The lowest BCUT2D eigenvalue weighted by atomic mass is 9.98. The summed E-state index contributed by atoms with van der Waals surface area (Å²) in [6.45, 7) is 0.